The van der Waals surface area contributed by atoms with Crippen LogP contribution in [0.15, 0.2) is 10.6 Å². The van der Waals surface area contributed by atoms with Gasteiger partial charge in [0.15, 0.2) is 0 Å². The lowest BCUT2D eigenvalue weighted by molar-refractivity contribution is 0.0335. The summed E-state index contributed by atoms with van der Waals surface area (Å²) in [7, 11) is 0. The Kier molecular flexibility index (Phi) is 6.78. The van der Waals surface area contributed by atoms with Crippen molar-refractivity contribution in [3.8, 4) is 0 Å². The number of rotatable bonds is 6. The van der Waals surface area contributed by atoms with E-state index in [1.807, 2.05) is 13.8 Å². The monoisotopic (exact) mass is 225 g/mol. The minimum Gasteiger partial charge on any atom is -0.389 e. The zero-order valence-corrected chi connectivity index (χ0v) is 9.62. The van der Waals surface area contributed by atoms with Gasteiger partial charge in [0, 0.05) is 23.7 Å². The zero-order chi connectivity index (χ0) is 10.3. The van der Waals surface area contributed by atoms with E-state index in [0.29, 0.717) is 18.1 Å². The van der Waals surface area contributed by atoms with Crippen LogP contribution in [0.25, 0.3) is 0 Å². The van der Waals surface area contributed by atoms with Crippen LogP contribution in [0.1, 0.15) is 26.7 Å². The van der Waals surface area contributed by atoms with Crippen molar-refractivity contribution in [1.82, 2.24) is 5.32 Å². The first-order valence-electron chi connectivity index (χ1n) is 4.46. The van der Waals surface area contributed by atoms with Gasteiger partial charge in [-0.1, -0.05) is 37.0 Å². The van der Waals surface area contributed by atoms with Gasteiger partial charge in [-0.2, -0.15) is 0 Å². The largest absolute Gasteiger partial charge is 0.389 e. The quantitative estimate of drug-likeness (QED) is 0.729. The second-order valence-corrected chi connectivity index (χ2v) is 3.79. The summed E-state index contributed by atoms with van der Waals surface area (Å²) in [6.07, 6.45) is 1.47. The molecule has 0 rings (SSSR count). The van der Waals surface area contributed by atoms with Crippen molar-refractivity contribution in [1.29, 1.82) is 0 Å². The number of hydrogen-bond acceptors (Lipinski definition) is 2. The lowest BCUT2D eigenvalue weighted by Gasteiger charge is -2.25. The van der Waals surface area contributed by atoms with Crippen molar-refractivity contribution in [3.63, 3.8) is 0 Å². The lowest BCUT2D eigenvalue weighted by Crippen LogP contribution is -2.39. The Balaban J connectivity index is 3.74. The Morgan fingerprint density at radius 1 is 1.46 bits per heavy atom. The van der Waals surface area contributed by atoms with Crippen LogP contribution in [0.3, 0.4) is 0 Å². The van der Waals surface area contributed by atoms with Crippen LogP contribution in [0.2, 0.25) is 0 Å². The molecule has 0 radical (unpaired) electrons. The number of aliphatic hydroxyl groups is 1. The Morgan fingerprint density at radius 3 is 2.38 bits per heavy atom. The Hall–Kier alpha value is 0.240. The molecule has 0 aliphatic rings. The second kappa shape index (κ2) is 6.66. The van der Waals surface area contributed by atoms with Gasteiger partial charge >= 0.3 is 0 Å². The molecular weight excluding hydrogens is 209 g/mol. The lowest BCUT2D eigenvalue weighted by atomic mass is 9.98. The summed E-state index contributed by atoms with van der Waals surface area (Å²) in [5, 5.41) is 13.5. The molecule has 2 N–H and O–H groups in total. The summed E-state index contributed by atoms with van der Waals surface area (Å²) in [6.45, 7) is 4.97. The zero-order valence-electron chi connectivity index (χ0n) is 8.11. The minimum absolute atomic E-state index is 0.507. The molecule has 0 aliphatic heterocycles. The van der Waals surface area contributed by atoms with Crippen LogP contribution >= 0.6 is 23.2 Å². The third-order valence-corrected chi connectivity index (χ3v) is 2.80. The summed E-state index contributed by atoms with van der Waals surface area (Å²) in [6, 6.07) is 0. The maximum Gasteiger partial charge on any atom is 0.0766 e. The molecule has 0 bridgehead atoms. The molecule has 78 valence electrons. The van der Waals surface area contributed by atoms with Crippen molar-refractivity contribution in [2.45, 2.75) is 32.3 Å². The molecule has 2 nitrogen and oxygen atoms in total. The summed E-state index contributed by atoms with van der Waals surface area (Å²) in [5.41, 5.74) is 0.703. The van der Waals surface area contributed by atoms with Crippen molar-refractivity contribution < 1.29 is 5.11 Å². The van der Waals surface area contributed by atoms with Gasteiger partial charge in [0.1, 0.15) is 0 Å². The number of hydrogen-bond donors (Lipinski definition) is 2. The van der Waals surface area contributed by atoms with Gasteiger partial charge in [0.05, 0.1) is 5.60 Å². The van der Waals surface area contributed by atoms with Gasteiger partial charge in [-0.3, -0.25) is 0 Å². The van der Waals surface area contributed by atoms with Gasteiger partial charge in [-0.25, -0.2) is 0 Å². The topological polar surface area (TPSA) is 32.3 Å². The van der Waals surface area contributed by atoms with Crippen LogP contribution in [-0.2, 0) is 0 Å². The molecule has 0 saturated carbocycles. The Bertz CT molecular complexity index is 167. The van der Waals surface area contributed by atoms with E-state index in [1.165, 1.54) is 5.54 Å². The molecule has 0 unspecified atom stereocenters. The molecule has 13 heavy (non-hydrogen) atoms. The fourth-order valence-corrected chi connectivity index (χ4v) is 1.12. The van der Waals surface area contributed by atoms with Crippen molar-refractivity contribution in [2.75, 3.05) is 13.1 Å². The predicted molar refractivity (Wildman–Crippen MR) is 58.2 cm³/mol. The average Bonchev–Trinajstić information content (AvgIpc) is 2.17. The molecule has 0 saturated heterocycles. The maximum absolute atomic E-state index is 9.86. The molecule has 0 heterocycles. The normalized spacial score (nSPS) is 13.5. The fourth-order valence-electron chi connectivity index (χ4n) is 0.953. The molecule has 0 aliphatic carbocycles. The van der Waals surface area contributed by atoms with Gasteiger partial charge < -0.3 is 10.4 Å². The molecule has 0 atom stereocenters. The average molecular weight is 226 g/mol. The highest BCUT2D eigenvalue weighted by Crippen LogP contribution is 2.13. The number of halogens is 2. The summed E-state index contributed by atoms with van der Waals surface area (Å²) >= 11 is 11.0. The van der Waals surface area contributed by atoms with E-state index in [0.717, 1.165) is 12.8 Å². The van der Waals surface area contributed by atoms with E-state index in [1.54, 1.807) is 0 Å². The maximum atomic E-state index is 9.86. The van der Waals surface area contributed by atoms with E-state index in [4.69, 9.17) is 23.2 Å². The standard InChI is InChI=1S/C9H17Cl2NO/c1-3-9(13,4-2)7-12-6-8(11)5-10/h5,12-13H,3-4,6-7H2,1-2H3. The molecule has 0 spiro atoms. The first kappa shape index (κ1) is 13.2. The van der Waals surface area contributed by atoms with Crippen molar-refractivity contribution >= 4 is 23.2 Å². The third-order valence-electron chi connectivity index (χ3n) is 2.18. The van der Waals surface area contributed by atoms with Gasteiger partial charge in [-0.15, -0.1) is 0 Å². The minimum atomic E-state index is -0.622. The first-order chi connectivity index (χ1) is 6.08. The number of nitrogens with one attached hydrogen (secondary N) is 1. The van der Waals surface area contributed by atoms with Gasteiger partial charge in [-0.05, 0) is 12.8 Å². The Labute approximate surface area is 89.9 Å². The molecule has 0 aromatic carbocycles. The molecule has 0 aromatic rings. The molecule has 0 fully saturated rings. The van der Waals surface area contributed by atoms with Gasteiger partial charge in [0.25, 0.3) is 0 Å². The van der Waals surface area contributed by atoms with E-state index < -0.39 is 5.60 Å². The fraction of sp³-hybridized carbons (Fsp3) is 0.778. The molecule has 0 aromatic heterocycles. The smallest absolute Gasteiger partial charge is 0.0766 e. The highest BCUT2D eigenvalue weighted by molar-refractivity contribution is 6.36. The summed E-state index contributed by atoms with van der Waals surface area (Å²) in [5.74, 6) is 0. The third kappa shape index (κ3) is 5.53. The Morgan fingerprint density at radius 2 is 2.00 bits per heavy atom. The highest BCUT2D eigenvalue weighted by Gasteiger charge is 2.20. The van der Waals surface area contributed by atoms with Crippen LogP contribution in [0, 0.1) is 0 Å². The van der Waals surface area contributed by atoms with E-state index in [2.05, 4.69) is 5.32 Å². The van der Waals surface area contributed by atoms with Crippen LogP contribution in [0.5, 0.6) is 0 Å². The summed E-state index contributed by atoms with van der Waals surface area (Å²) < 4.78 is 0. The van der Waals surface area contributed by atoms with Gasteiger partial charge in [0.2, 0.25) is 0 Å². The SMILES string of the molecule is CCC(O)(CC)CNCC(Cl)=CCl. The summed E-state index contributed by atoms with van der Waals surface area (Å²) in [4.78, 5) is 0. The van der Waals surface area contributed by atoms with E-state index in [9.17, 15) is 5.11 Å². The molecule has 4 heteroatoms. The van der Waals surface area contributed by atoms with E-state index in [-0.39, 0.29) is 0 Å². The molecule has 0 amide bonds. The highest BCUT2D eigenvalue weighted by atomic mass is 35.5. The predicted octanol–water partition coefficient (Wildman–Crippen LogP) is 2.45. The van der Waals surface area contributed by atoms with Crippen molar-refractivity contribution in [2.24, 2.45) is 0 Å². The van der Waals surface area contributed by atoms with Crippen molar-refractivity contribution in [3.05, 3.63) is 10.6 Å². The van der Waals surface area contributed by atoms with Crippen LogP contribution in [0.4, 0.5) is 0 Å². The van der Waals surface area contributed by atoms with E-state index >= 15 is 0 Å². The second-order valence-electron chi connectivity index (χ2n) is 3.09. The molecular formula is C9H17Cl2NO. The first-order valence-corrected chi connectivity index (χ1v) is 5.27. The van der Waals surface area contributed by atoms with Crippen LogP contribution < -0.4 is 5.32 Å². The van der Waals surface area contributed by atoms with Crippen LogP contribution in [-0.4, -0.2) is 23.8 Å².